The van der Waals surface area contributed by atoms with E-state index in [-0.39, 0.29) is 0 Å². The Balaban J connectivity index is 1.06. The molecule has 10 aromatic carbocycles. The van der Waals surface area contributed by atoms with Gasteiger partial charge in [0.1, 0.15) is 11.3 Å². The zero-order valence-electron chi connectivity index (χ0n) is 33.1. The van der Waals surface area contributed by atoms with Crippen molar-refractivity contribution in [1.82, 2.24) is 0 Å². The van der Waals surface area contributed by atoms with E-state index in [1.165, 1.54) is 58.6 Å². The summed E-state index contributed by atoms with van der Waals surface area (Å²) in [5.74, 6) is 0.895. The van der Waals surface area contributed by atoms with Crippen LogP contribution in [-0.2, 0) is 0 Å². The lowest BCUT2D eigenvalue weighted by molar-refractivity contribution is 0.637. The molecular formula is C58H37NOS. The molecule has 0 atom stereocenters. The van der Waals surface area contributed by atoms with Gasteiger partial charge in [-0.25, -0.2) is 0 Å². The molecule has 0 saturated carbocycles. The zero-order valence-corrected chi connectivity index (χ0v) is 33.9. The smallest absolute Gasteiger partial charge is 0.144 e. The van der Waals surface area contributed by atoms with E-state index in [0.717, 1.165) is 55.9 Å². The lowest BCUT2D eigenvalue weighted by Gasteiger charge is -2.26. The van der Waals surface area contributed by atoms with Crippen LogP contribution in [0.15, 0.2) is 229 Å². The average Bonchev–Trinajstić information content (AvgIpc) is 3.93. The maximum Gasteiger partial charge on any atom is 0.144 e. The number of hydrogen-bond acceptors (Lipinski definition) is 3. The van der Waals surface area contributed by atoms with E-state index < -0.39 is 0 Å². The Labute approximate surface area is 357 Å². The van der Waals surface area contributed by atoms with Crippen molar-refractivity contribution in [2.24, 2.45) is 0 Å². The largest absolute Gasteiger partial charge is 0.455 e. The molecule has 0 bridgehead atoms. The number of benzene rings is 10. The first-order valence-corrected chi connectivity index (χ1v) is 21.6. The summed E-state index contributed by atoms with van der Waals surface area (Å²) in [5, 5.41) is 8.39. The monoisotopic (exact) mass is 795 g/mol. The van der Waals surface area contributed by atoms with Gasteiger partial charge >= 0.3 is 0 Å². The number of furan rings is 1. The van der Waals surface area contributed by atoms with Gasteiger partial charge in [-0.3, -0.25) is 0 Å². The normalized spacial score (nSPS) is 11.6. The molecule has 12 aromatic rings. The first-order chi connectivity index (χ1) is 30.3. The SMILES string of the molecule is c1ccc(-c2ccc(N(c3ccc(-c4ccccc4)cc3)c3ccc(-c4c(-c5cccc6c5sc5ccccc56)oc5c6ccccc6c6ccccc6c45)cc3)cc2)cc1. The first-order valence-electron chi connectivity index (χ1n) is 20.7. The highest BCUT2D eigenvalue weighted by Crippen LogP contribution is 2.50. The van der Waals surface area contributed by atoms with Gasteiger partial charge in [-0.15, -0.1) is 11.3 Å². The van der Waals surface area contributed by atoms with Crippen LogP contribution < -0.4 is 4.90 Å². The summed E-state index contributed by atoms with van der Waals surface area (Å²) in [6.07, 6.45) is 0. The third-order valence-electron chi connectivity index (χ3n) is 12.1. The van der Waals surface area contributed by atoms with Gasteiger partial charge < -0.3 is 9.32 Å². The van der Waals surface area contributed by atoms with E-state index in [2.05, 4.69) is 229 Å². The molecule has 0 radical (unpaired) electrons. The predicted molar refractivity (Wildman–Crippen MR) is 261 cm³/mol. The highest BCUT2D eigenvalue weighted by atomic mass is 32.1. The van der Waals surface area contributed by atoms with E-state index in [4.69, 9.17) is 4.42 Å². The maximum absolute atomic E-state index is 7.27. The summed E-state index contributed by atoms with van der Waals surface area (Å²) in [6, 6.07) is 80.8. The van der Waals surface area contributed by atoms with Crippen LogP contribution in [0.5, 0.6) is 0 Å². The van der Waals surface area contributed by atoms with Gasteiger partial charge in [0.15, 0.2) is 0 Å². The van der Waals surface area contributed by atoms with Crippen molar-refractivity contribution in [1.29, 1.82) is 0 Å². The van der Waals surface area contributed by atoms with E-state index in [0.29, 0.717) is 0 Å². The number of hydrogen-bond donors (Lipinski definition) is 0. The van der Waals surface area contributed by atoms with Crippen molar-refractivity contribution in [2.45, 2.75) is 0 Å². The molecule has 0 saturated heterocycles. The molecule has 12 rings (SSSR count). The van der Waals surface area contributed by atoms with Gasteiger partial charge in [-0.1, -0.05) is 176 Å². The lowest BCUT2D eigenvalue weighted by Crippen LogP contribution is -2.09. The van der Waals surface area contributed by atoms with Crippen molar-refractivity contribution < 1.29 is 4.42 Å². The number of fused-ring (bicyclic) bond motifs is 9. The Morgan fingerprint density at radius 2 is 0.770 bits per heavy atom. The number of nitrogens with zero attached hydrogens (tertiary/aromatic N) is 1. The molecule has 0 fully saturated rings. The summed E-state index contributed by atoms with van der Waals surface area (Å²) in [6.45, 7) is 0. The maximum atomic E-state index is 7.27. The second-order valence-corrected chi connectivity index (χ2v) is 16.6. The molecule has 286 valence electrons. The Morgan fingerprint density at radius 3 is 1.36 bits per heavy atom. The molecule has 0 amide bonds. The number of anilines is 3. The minimum atomic E-state index is 0.895. The second kappa shape index (κ2) is 14.5. The van der Waals surface area contributed by atoms with Crippen molar-refractivity contribution in [3.63, 3.8) is 0 Å². The molecule has 0 unspecified atom stereocenters. The highest BCUT2D eigenvalue weighted by molar-refractivity contribution is 7.26. The van der Waals surface area contributed by atoms with Crippen LogP contribution in [0.1, 0.15) is 0 Å². The highest BCUT2D eigenvalue weighted by Gasteiger charge is 2.25. The van der Waals surface area contributed by atoms with Crippen molar-refractivity contribution >= 4 is 81.1 Å². The third-order valence-corrected chi connectivity index (χ3v) is 13.3. The molecule has 2 heterocycles. The van der Waals surface area contributed by atoms with Crippen LogP contribution in [-0.4, -0.2) is 0 Å². The summed E-state index contributed by atoms with van der Waals surface area (Å²) < 4.78 is 9.78. The summed E-state index contributed by atoms with van der Waals surface area (Å²) in [4.78, 5) is 2.35. The molecule has 0 aliphatic heterocycles. The van der Waals surface area contributed by atoms with Crippen molar-refractivity contribution in [3.05, 3.63) is 224 Å². The molecule has 3 heteroatoms. The lowest BCUT2D eigenvalue weighted by atomic mass is 9.92. The van der Waals surface area contributed by atoms with E-state index >= 15 is 0 Å². The first kappa shape index (κ1) is 35.2. The van der Waals surface area contributed by atoms with Gasteiger partial charge in [0, 0.05) is 59.1 Å². The van der Waals surface area contributed by atoms with Gasteiger partial charge in [-0.05, 0) is 92.5 Å². The number of rotatable bonds is 7. The summed E-state index contributed by atoms with van der Waals surface area (Å²) >= 11 is 1.84. The van der Waals surface area contributed by atoms with Gasteiger partial charge in [0.05, 0.1) is 0 Å². The molecule has 0 aliphatic rings. The number of thiophene rings is 1. The Hall–Kier alpha value is -7.72. The van der Waals surface area contributed by atoms with Gasteiger partial charge in [-0.2, -0.15) is 0 Å². The third kappa shape index (κ3) is 5.93. The minimum absolute atomic E-state index is 0.895. The zero-order chi connectivity index (χ0) is 40.3. The second-order valence-electron chi connectivity index (χ2n) is 15.6. The van der Waals surface area contributed by atoms with Gasteiger partial charge in [0.25, 0.3) is 0 Å². The van der Waals surface area contributed by atoms with Crippen LogP contribution in [0, 0.1) is 0 Å². The standard InChI is InChI=1S/C58H37NOS/c1-3-14-38(15-4-1)40-26-32-43(33-27-40)59(44-34-28-41(29-35-44)39-16-5-2-6-17-39)45-36-30-42(31-37-45)54-55-49-21-9-7-18-46(49)47-19-8-10-22-50(47)56(55)60-57(54)52-24-13-23-51-48-20-11-12-25-53(48)61-58(51)52/h1-37H. The van der Waals surface area contributed by atoms with Crippen LogP contribution in [0.4, 0.5) is 17.1 Å². The van der Waals surface area contributed by atoms with Gasteiger partial charge in [0.2, 0.25) is 0 Å². The molecular weight excluding hydrogens is 759 g/mol. The fourth-order valence-electron chi connectivity index (χ4n) is 9.21. The fraction of sp³-hybridized carbons (Fsp3) is 0. The Kier molecular flexibility index (Phi) is 8.39. The molecule has 2 nitrogen and oxygen atoms in total. The Morgan fingerprint density at radius 1 is 0.328 bits per heavy atom. The fourth-order valence-corrected chi connectivity index (χ4v) is 10.4. The molecule has 0 N–H and O–H groups in total. The molecule has 2 aromatic heterocycles. The van der Waals surface area contributed by atoms with Crippen molar-refractivity contribution in [3.8, 4) is 44.7 Å². The predicted octanol–water partition coefficient (Wildman–Crippen LogP) is 17.2. The van der Waals surface area contributed by atoms with Crippen LogP contribution >= 0.6 is 11.3 Å². The van der Waals surface area contributed by atoms with E-state index in [1.807, 2.05) is 11.3 Å². The summed E-state index contributed by atoms with van der Waals surface area (Å²) in [7, 11) is 0. The molecule has 0 spiro atoms. The van der Waals surface area contributed by atoms with Crippen LogP contribution in [0.3, 0.4) is 0 Å². The topological polar surface area (TPSA) is 16.4 Å². The van der Waals surface area contributed by atoms with E-state index in [1.54, 1.807) is 0 Å². The van der Waals surface area contributed by atoms with Crippen LogP contribution in [0.2, 0.25) is 0 Å². The average molecular weight is 796 g/mol. The molecule has 0 aliphatic carbocycles. The summed E-state index contributed by atoms with van der Waals surface area (Å²) in [5.41, 5.74) is 12.3. The Bertz CT molecular complexity index is 3470. The molecule has 61 heavy (non-hydrogen) atoms. The minimum Gasteiger partial charge on any atom is -0.455 e. The quantitative estimate of drug-likeness (QED) is 0.149. The van der Waals surface area contributed by atoms with E-state index in [9.17, 15) is 0 Å². The van der Waals surface area contributed by atoms with Crippen molar-refractivity contribution in [2.75, 3.05) is 4.90 Å². The van der Waals surface area contributed by atoms with Crippen LogP contribution in [0.25, 0.3) is 97.4 Å².